The molecule has 3 heterocycles. The van der Waals surface area contributed by atoms with E-state index in [1.54, 1.807) is 12.6 Å². The number of nitrogens with zero attached hydrogens (tertiary/aromatic N) is 3. The van der Waals surface area contributed by atoms with Crippen LogP contribution in [0.2, 0.25) is 0 Å². The van der Waals surface area contributed by atoms with Crippen LogP contribution in [0.5, 0.6) is 0 Å². The van der Waals surface area contributed by atoms with Crippen LogP contribution in [-0.2, 0) is 17.9 Å². The third kappa shape index (κ3) is 2.43. The van der Waals surface area contributed by atoms with E-state index in [0.717, 1.165) is 24.5 Å². The quantitative estimate of drug-likeness (QED) is 0.933. The van der Waals surface area contributed by atoms with Gasteiger partial charge >= 0.3 is 0 Å². The average molecular weight is 300 g/mol. The Hall–Kier alpha value is -2.08. The van der Waals surface area contributed by atoms with Crippen molar-refractivity contribution in [2.24, 2.45) is 0 Å². The zero-order chi connectivity index (χ0) is 14.9. The van der Waals surface area contributed by atoms with Gasteiger partial charge in [0.05, 0.1) is 24.8 Å². The average Bonchev–Trinajstić information content (AvgIpc) is 3.13. The SMILES string of the molecule is O=C(NCc1ccco1)[C@@H]1CN(C2CCC2)Cc2cncn21. The van der Waals surface area contributed by atoms with Gasteiger partial charge in [-0.3, -0.25) is 9.69 Å². The topological polar surface area (TPSA) is 63.3 Å². The van der Waals surface area contributed by atoms with Crippen LogP contribution >= 0.6 is 0 Å². The number of carbonyl (C=O) groups excluding carboxylic acids is 1. The second kappa shape index (κ2) is 5.61. The lowest BCUT2D eigenvalue weighted by atomic mass is 9.90. The highest BCUT2D eigenvalue weighted by atomic mass is 16.3. The zero-order valence-corrected chi connectivity index (χ0v) is 12.4. The summed E-state index contributed by atoms with van der Waals surface area (Å²) in [6.07, 6.45) is 9.05. The molecular weight excluding hydrogens is 280 g/mol. The van der Waals surface area contributed by atoms with Gasteiger partial charge in [0, 0.05) is 25.3 Å². The van der Waals surface area contributed by atoms with Crippen molar-refractivity contribution in [2.45, 2.75) is 44.4 Å². The number of carbonyl (C=O) groups is 1. The van der Waals surface area contributed by atoms with Crippen molar-refractivity contribution in [3.8, 4) is 0 Å². The number of amides is 1. The molecule has 0 saturated heterocycles. The second-order valence-electron chi connectivity index (χ2n) is 6.12. The summed E-state index contributed by atoms with van der Waals surface area (Å²) in [5.41, 5.74) is 1.12. The fraction of sp³-hybridized carbons (Fsp3) is 0.500. The third-order valence-electron chi connectivity index (χ3n) is 4.77. The summed E-state index contributed by atoms with van der Waals surface area (Å²) in [6.45, 7) is 2.08. The molecule has 0 aromatic carbocycles. The summed E-state index contributed by atoms with van der Waals surface area (Å²) in [7, 11) is 0. The molecule has 1 atom stereocenters. The summed E-state index contributed by atoms with van der Waals surface area (Å²) in [5, 5.41) is 2.97. The minimum absolute atomic E-state index is 0.0275. The van der Waals surface area contributed by atoms with E-state index in [0.29, 0.717) is 12.6 Å². The molecule has 0 bridgehead atoms. The summed E-state index contributed by atoms with van der Waals surface area (Å²) < 4.78 is 7.27. The van der Waals surface area contributed by atoms with Gasteiger partial charge in [0.15, 0.2) is 0 Å². The van der Waals surface area contributed by atoms with Gasteiger partial charge in [-0.15, -0.1) is 0 Å². The molecule has 1 amide bonds. The fourth-order valence-corrected chi connectivity index (χ4v) is 3.26. The normalized spacial score (nSPS) is 22.1. The van der Waals surface area contributed by atoms with Crippen molar-refractivity contribution in [3.63, 3.8) is 0 Å². The first kappa shape index (κ1) is 13.6. The predicted octanol–water partition coefficient (Wildman–Crippen LogP) is 1.70. The van der Waals surface area contributed by atoms with Crippen molar-refractivity contribution in [3.05, 3.63) is 42.4 Å². The van der Waals surface area contributed by atoms with Gasteiger partial charge in [0.25, 0.3) is 0 Å². The van der Waals surface area contributed by atoms with Crippen molar-refractivity contribution in [1.29, 1.82) is 0 Å². The van der Waals surface area contributed by atoms with E-state index in [9.17, 15) is 4.79 Å². The van der Waals surface area contributed by atoms with Crippen LogP contribution in [0.25, 0.3) is 0 Å². The summed E-state index contributed by atoms with van der Waals surface area (Å²) in [4.78, 5) is 19.3. The molecule has 2 aliphatic rings. The van der Waals surface area contributed by atoms with Gasteiger partial charge in [-0.2, -0.15) is 0 Å². The third-order valence-corrected chi connectivity index (χ3v) is 4.77. The first-order chi connectivity index (χ1) is 10.8. The lowest BCUT2D eigenvalue weighted by Gasteiger charge is -2.42. The van der Waals surface area contributed by atoms with Crippen LogP contribution in [-0.4, -0.2) is 32.9 Å². The Morgan fingerprint density at radius 3 is 3.09 bits per heavy atom. The van der Waals surface area contributed by atoms with E-state index in [2.05, 4.69) is 15.2 Å². The number of hydrogen-bond acceptors (Lipinski definition) is 4. The lowest BCUT2D eigenvalue weighted by Crippen LogP contribution is -2.49. The van der Waals surface area contributed by atoms with Crippen LogP contribution in [0.15, 0.2) is 35.3 Å². The summed E-state index contributed by atoms with van der Waals surface area (Å²) >= 11 is 0. The Bertz CT molecular complexity index is 645. The van der Waals surface area contributed by atoms with E-state index < -0.39 is 0 Å². The summed E-state index contributed by atoms with van der Waals surface area (Å²) in [6, 6.07) is 4.12. The minimum atomic E-state index is -0.207. The Morgan fingerprint density at radius 1 is 1.45 bits per heavy atom. The monoisotopic (exact) mass is 300 g/mol. The number of fused-ring (bicyclic) bond motifs is 1. The zero-order valence-electron chi connectivity index (χ0n) is 12.4. The first-order valence-corrected chi connectivity index (χ1v) is 7.86. The van der Waals surface area contributed by atoms with Crippen molar-refractivity contribution in [1.82, 2.24) is 19.8 Å². The van der Waals surface area contributed by atoms with E-state index >= 15 is 0 Å². The van der Waals surface area contributed by atoms with Gasteiger partial charge in [-0.1, -0.05) is 6.42 Å². The number of imidazole rings is 1. The molecule has 0 unspecified atom stereocenters. The molecule has 2 aromatic rings. The molecule has 1 saturated carbocycles. The molecule has 0 spiro atoms. The Kier molecular flexibility index (Phi) is 3.46. The van der Waals surface area contributed by atoms with Crippen molar-refractivity contribution >= 4 is 5.91 Å². The van der Waals surface area contributed by atoms with Gasteiger partial charge in [0.2, 0.25) is 5.91 Å². The van der Waals surface area contributed by atoms with Crippen LogP contribution in [0.4, 0.5) is 0 Å². The fourth-order valence-electron chi connectivity index (χ4n) is 3.26. The number of hydrogen-bond donors (Lipinski definition) is 1. The van der Waals surface area contributed by atoms with Gasteiger partial charge in [-0.05, 0) is 25.0 Å². The van der Waals surface area contributed by atoms with Crippen LogP contribution in [0, 0.1) is 0 Å². The Morgan fingerprint density at radius 2 is 2.36 bits per heavy atom. The summed E-state index contributed by atoms with van der Waals surface area (Å²) in [5.74, 6) is 0.797. The minimum Gasteiger partial charge on any atom is -0.467 e. The molecule has 1 N–H and O–H groups in total. The Labute approximate surface area is 129 Å². The maximum absolute atomic E-state index is 12.6. The van der Waals surface area contributed by atoms with Crippen LogP contribution in [0.1, 0.15) is 36.8 Å². The maximum atomic E-state index is 12.6. The predicted molar refractivity (Wildman–Crippen MR) is 79.9 cm³/mol. The molecule has 116 valence electrons. The number of nitrogens with one attached hydrogen (secondary N) is 1. The van der Waals surface area contributed by atoms with E-state index in [1.165, 1.54) is 19.3 Å². The van der Waals surface area contributed by atoms with Crippen molar-refractivity contribution < 1.29 is 9.21 Å². The molecule has 22 heavy (non-hydrogen) atoms. The first-order valence-electron chi connectivity index (χ1n) is 7.86. The molecule has 1 fully saturated rings. The maximum Gasteiger partial charge on any atom is 0.244 e. The van der Waals surface area contributed by atoms with Crippen LogP contribution < -0.4 is 5.32 Å². The highest BCUT2D eigenvalue weighted by Gasteiger charge is 2.35. The van der Waals surface area contributed by atoms with E-state index in [1.807, 2.05) is 22.9 Å². The number of furan rings is 1. The van der Waals surface area contributed by atoms with Gasteiger partial charge in [-0.25, -0.2) is 4.98 Å². The highest BCUT2D eigenvalue weighted by Crippen LogP contribution is 2.31. The van der Waals surface area contributed by atoms with Crippen molar-refractivity contribution in [2.75, 3.05) is 6.54 Å². The van der Waals surface area contributed by atoms with E-state index in [-0.39, 0.29) is 11.9 Å². The number of rotatable bonds is 4. The molecule has 1 aliphatic carbocycles. The standard InChI is InChI=1S/C16H20N4O2/c21-16(18-8-14-5-2-6-22-14)15-10-19(12-3-1-4-12)9-13-7-17-11-20(13)15/h2,5-7,11-12,15H,1,3-4,8-10H2,(H,18,21)/t15-/m0/s1. The second-order valence-corrected chi connectivity index (χ2v) is 6.12. The smallest absolute Gasteiger partial charge is 0.244 e. The van der Waals surface area contributed by atoms with Gasteiger partial charge in [0.1, 0.15) is 11.8 Å². The lowest BCUT2D eigenvalue weighted by molar-refractivity contribution is -0.126. The molecule has 0 radical (unpaired) electrons. The molecular formula is C16H20N4O2. The number of aromatic nitrogens is 2. The molecule has 6 heteroatoms. The van der Waals surface area contributed by atoms with Crippen LogP contribution in [0.3, 0.4) is 0 Å². The molecule has 6 nitrogen and oxygen atoms in total. The molecule has 2 aromatic heterocycles. The van der Waals surface area contributed by atoms with E-state index in [4.69, 9.17) is 4.42 Å². The highest BCUT2D eigenvalue weighted by molar-refractivity contribution is 5.80. The Balaban J connectivity index is 1.48. The molecule has 4 rings (SSSR count). The van der Waals surface area contributed by atoms with Gasteiger partial charge < -0.3 is 14.3 Å². The molecule has 1 aliphatic heterocycles. The largest absolute Gasteiger partial charge is 0.467 e.